The maximum atomic E-state index is 13.5. The van der Waals surface area contributed by atoms with Gasteiger partial charge in [-0.3, -0.25) is 9.79 Å². The van der Waals surface area contributed by atoms with E-state index < -0.39 is 67.4 Å². The second-order valence-electron chi connectivity index (χ2n) is 13.8. The molecule has 0 saturated carbocycles. The van der Waals surface area contributed by atoms with Gasteiger partial charge in [0.1, 0.15) is 60.1 Å². The molecule has 8 atom stereocenters. The molecule has 0 aliphatic carbocycles. The highest BCUT2D eigenvalue weighted by molar-refractivity contribution is 6.08. The van der Waals surface area contributed by atoms with Crippen molar-refractivity contribution < 1.29 is 63.7 Å². The maximum Gasteiger partial charge on any atom is 0.329 e. The number of carboxylic acid groups (broad SMARTS) is 1. The molecule has 0 bridgehead atoms. The van der Waals surface area contributed by atoms with E-state index in [-0.39, 0.29) is 33.5 Å². The second-order valence-corrected chi connectivity index (χ2v) is 13.8. The van der Waals surface area contributed by atoms with Crippen LogP contribution in [0, 0.1) is 13.8 Å². The largest absolute Gasteiger partial charge is 0.548 e. The fraction of sp³-hybridized carbons (Fsp3) is 0.300. The third-order valence-corrected chi connectivity index (χ3v) is 9.95. The van der Waals surface area contributed by atoms with Gasteiger partial charge in [0.15, 0.2) is 17.1 Å². The topological polar surface area (TPSA) is 234 Å². The number of hydrogen-bond donors (Lipinski definition) is 6. The SMILES string of the molecule is CNC(C(=O)[O-])C(=O)OCC1OC(Oc2ccc3c(=O)c(-c4ccc(O)cc4)coc3c2)C(O[NH+]2C=C3C=CN=C3C2c2cc(C)cc(C)c2)C(O)(CO)C1O. The lowest BCUT2D eigenvalue weighted by molar-refractivity contribution is -1.07. The highest BCUT2D eigenvalue weighted by Gasteiger charge is 2.60. The van der Waals surface area contributed by atoms with Crippen LogP contribution < -0.4 is 25.7 Å². The number of rotatable bonds is 12. The molecular weight excluding hydrogens is 730 g/mol. The van der Waals surface area contributed by atoms with Gasteiger partial charge in [0.05, 0.1) is 29.1 Å². The minimum atomic E-state index is -2.53. The van der Waals surface area contributed by atoms with E-state index in [0.717, 1.165) is 22.3 Å². The summed E-state index contributed by atoms with van der Waals surface area (Å²) in [6, 6.07) is 13.9. The number of likely N-dealkylation sites (N-methyl/N-ethyl adjacent to an activating group) is 1. The van der Waals surface area contributed by atoms with Gasteiger partial charge in [0.25, 0.3) is 0 Å². The summed E-state index contributed by atoms with van der Waals surface area (Å²) in [7, 11) is 1.21. The number of aromatic hydroxyl groups is 1. The van der Waals surface area contributed by atoms with E-state index in [2.05, 4.69) is 10.3 Å². The normalized spacial score (nSPS) is 26.0. The van der Waals surface area contributed by atoms with Crippen LogP contribution in [-0.2, 0) is 23.9 Å². The zero-order valence-electron chi connectivity index (χ0n) is 30.4. The van der Waals surface area contributed by atoms with Crippen LogP contribution in [0.3, 0.4) is 0 Å². The number of aliphatic carboxylic acids is 1. The van der Waals surface area contributed by atoms with E-state index in [4.69, 9.17) is 23.5 Å². The van der Waals surface area contributed by atoms with Crippen LogP contribution in [0.2, 0.25) is 0 Å². The number of aryl methyl sites for hydroxylation is 2. The van der Waals surface area contributed by atoms with Crippen LogP contribution in [0.5, 0.6) is 11.5 Å². The van der Waals surface area contributed by atoms with Gasteiger partial charge in [0, 0.05) is 17.8 Å². The number of carbonyl (C=O) groups excluding carboxylic acids is 2. The Morgan fingerprint density at radius 2 is 1.82 bits per heavy atom. The lowest BCUT2D eigenvalue weighted by Gasteiger charge is -2.48. The van der Waals surface area contributed by atoms with Crippen LogP contribution in [0.15, 0.2) is 105 Å². The fourth-order valence-corrected chi connectivity index (χ4v) is 7.18. The van der Waals surface area contributed by atoms with Crippen molar-refractivity contribution in [3.05, 3.63) is 118 Å². The van der Waals surface area contributed by atoms with E-state index in [0.29, 0.717) is 16.3 Å². The van der Waals surface area contributed by atoms with Gasteiger partial charge in [0.2, 0.25) is 12.4 Å². The van der Waals surface area contributed by atoms with Crippen LogP contribution in [0.1, 0.15) is 22.7 Å². The number of nitrogens with zero attached hydrogens (tertiary/aromatic N) is 1. The Morgan fingerprint density at radius 3 is 2.50 bits per heavy atom. The number of aliphatic hydroxyl groups is 3. The number of carbonyl (C=O) groups is 2. The molecule has 1 aromatic heterocycles. The molecule has 1 fully saturated rings. The minimum Gasteiger partial charge on any atom is -0.548 e. The van der Waals surface area contributed by atoms with Gasteiger partial charge < -0.3 is 54.3 Å². The molecule has 7 rings (SSSR count). The molecule has 292 valence electrons. The van der Waals surface area contributed by atoms with E-state index in [1.54, 1.807) is 30.6 Å². The van der Waals surface area contributed by atoms with Gasteiger partial charge in [-0.2, -0.15) is 9.90 Å². The Hall–Kier alpha value is -5.72. The van der Waals surface area contributed by atoms with Crippen molar-refractivity contribution in [2.24, 2.45) is 4.99 Å². The van der Waals surface area contributed by atoms with Crippen LogP contribution in [-0.4, -0.2) is 94.6 Å². The molecule has 0 amide bonds. The number of phenolic OH excluding ortho intramolecular Hbond substituents is 1. The standard InChI is InChI=1S/C40H39N3O13/c1-20-12-21(2)14-24(13-20)33-31-23(10-11-42-31)16-43(33)56-36-39(55-30(35(47)40(36,51)19-44)18-53-38(50)32(41-3)37(48)49)54-26-8-9-27-29(15-26)52-17-28(34(27)46)22-4-6-25(45)7-5-22/h4-17,30,32-33,35-36,39,41,44-45,47,51H,18-19H2,1-3H3,(H,48,49). The predicted octanol–water partition coefficient (Wildman–Crippen LogP) is -0.356. The molecule has 4 heterocycles. The Morgan fingerprint density at radius 1 is 1.09 bits per heavy atom. The summed E-state index contributed by atoms with van der Waals surface area (Å²) in [5, 5.41) is 58.2. The number of aliphatic hydroxyl groups excluding tert-OH is 2. The summed E-state index contributed by atoms with van der Waals surface area (Å²) < 4.78 is 23.4. The molecule has 3 aromatic carbocycles. The van der Waals surface area contributed by atoms with E-state index >= 15 is 0 Å². The zero-order chi connectivity index (χ0) is 39.9. The lowest BCUT2D eigenvalue weighted by atomic mass is 9.84. The number of aliphatic imine (C=N–C) groups is 1. The molecule has 6 N–H and O–H groups in total. The molecular formula is C40H39N3O13. The third-order valence-electron chi connectivity index (χ3n) is 9.95. The smallest absolute Gasteiger partial charge is 0.329 e. The molecule has 3 aliphatic heterocycles. The first kappa shape index (κ1) is 38.6. The Labute approximate surface area is 319 Å². The number of fused-ring (bicyclic) bond motifs is 2. The second kappa shape index (κ2) is 15.4. The Kier molecular flexibility index (Phi) is 10.6. The molecule has 0 spiro atoms. The van der Waals surface area contributed by atoms with Crippen LogP contribution in [0.4, 0.5) is 0 Å². The highest BCUT2D eigenvalue weighted by atomic mass is 16.8. The molecule has 16 nitrogen and oxygen atoms in total. The number of ether oxygens (including phenoxy) is 3. The molecule has 0 radical (unpaired) electrons. The summed E-state index contributed by atoms with van der Waals surface area (Å²) in [4.78, 5) is 48.6. The van der Waals surface area contributed by atoms with Crippen molar-refractivity contribution in [1.29, 1.82) is 0 Å². The summed E-state index contributed by atoms with van der Waals surface area (Å²) in [6.07, 6.45) is -0.408. The summed E-state index contributed by atoms with van der Waals surface area (Å²) in [5.74, 6) is -2.92. The average Bonchev–Trinajstić information content (AvgIpc) is 3.75. The van der Waals surface area contributed by atoms with Gasteiger partial charge in [-0.25, -0.2) is 4.79 Å². The highest BCUT2D eigenvalue weighted by Crippen LogP contribution is 2.35. The summed E-state index contributed by atoms with van der Waals surface area (Å²) >= 11 is 0. The number of quaternary nitrogens is 1. The first-order chi connectivity index (χ1) is 26.8. The van der Waals surface area contributed by atoms with Crippen molar-refractivity contribution in [2.45, 2.75) is 56.1 Å². The number of phenols is 1. The monoisotopic (exact) mass is 769 g/mol. The number of hydrogen-bond acceptors (Lipinski definition) is 15. The zero-order valence-corrected chi connectivity index (χ0v) is 30.4. The lowest BCUT2D eigenvalue weighted by Crippen LogP contribution is -3.08. The van der Waals surface area contributed by atoms with Crippen LogP contribution >= 0.6 is 0 Å². The predicted molar refractivity (Wildman–Crippen MR) is 195 cm³/mol. The van der Waals surface area contributed by atoms with E-state index in [1.807, 2.05) is 32.0 Å². The fourth-order valence-electron chi connectivity index (χ4n) is 7.18. The minimum absolute atomic E-state index is 0.0332. The summed E-state index contributed by atoms with van der Waals surface area (Å²) in [5.41, 5.74) is 2.23. The number of allylic oxidation sites excluding steroid dienone is 1. The molecule has 3 aliphatic rings. The Bertz CT molecular complexity index is 2300. The third kappa shape index (κ3) is 7.22. The number of esters is 1. The molecule has 8 unspecified atom stereocenters. The average molecular weight is 770 g/mol. The van der Waals surface area contributed by atoms with Crippen molar-refractivity contribution in [3.63, 3.8) is 0 Å². The number of nitrogens with one attached hydrogen (secondary N) is 2. The van der Waals surface area contributed by atoms with Gasteiger partial charge in [-0.1, -0.05) is 29.3 Å². The molecule has 16 heteroatoms. The first-order valence-electron chi connectivity index (χ1n) is 17.6. The Balaban J connectivity index is 1.24. The molecule has 4 aromatic rings. The van der Waals surface area contributed by atoms with Crippen molar-refractivity contribution in [2.75, 3.05) is 20.3 Å². The van der Waals surface area contributed by atoms with E-state index in [1.165, 1.54) is 43.6 Å². The van der Waals surface area contributed by atoms with Crippen LogP contribution in [0.25, 0.3) is 22.1 Å². The summed E-state index contributed by atoms with van der Waals surface area (Å²) in [6.45, 7) is 2.04. The molecule has 56 heavy (non-hydrogen) atoms. The van der Waals surface area contributed by atoms with Crippen molar-refractivity contribution in [3.8, 4) is 22.6 Å². The van der Waals surface area contributed by atoms with Crippen molar-refractivity contribution >= 4 is 28.6 Å². The van der Waals surface area contributed by atoms with Gasteiger partial charge >= 0.3 is 5.97 Å². The molecule has 1 saturated heterocycles. The first-order valence-corrected chi connectivity index (χ1v) is 17.6. The van der Waals surface area contributed by atoms with Gasteiger partial charge in [-0.05, 0) is 68.9 Å². The number of benzene rings is 3. The quantitative estimate of drug-likeness (QED) is 0.0799. The van der Waals surface area contributed by atoms with Gasteiger partial charge in [-0.15, -0.1) is 0 Å². The van der Waals surface area contributed by atoms with Crippen molar-refractivity contribution in [1.82, 2.24) is 5.32 Å². The van der Waals surface area contributed by atoms with E-state index in [9.17, 15) is 39.9 Å². The number of carboxylic acids is 1. The number of hydroxylamine groups is 2. The maximum absolute atomic E-state index is 13.5.